The Morgan fingerprint density at radius 1 is 1.36 bits per heavy atom. The number of benzene rings is 1. The number of nitrogens with zero attached hydrogens (tertiary/aromatic N) is 1. The van der Waals surface area contributed by atoms with Crippen LogP contribution < -0.4 is 10.6 Å². The molecule has 0 bridgehead atoms. The van der Waals surface area contributed by atoms with Crippen molar-refractivity contribution in [1.82, 2.24) is 10.2 Å². The van der Waals surface area contributed by atoms with Crippen molar-refractivity contribution >= 4 is 29.2 Å². The Morgan fingerprint density at radius 2 is 2.08 bits per heavy atom. The molecule has 2 N–H and O–H groups in total. The third kappa shape index (κ3) is 3.57. The van der Waals surface area contributed by atoms with Crippen molar-refractivity contribution in [3.63, 3.8) is 0 Å². The van der Waals surface area contributed by atoms with Gasteiger partial charge < -0.3 is 20.3 Å². The molecule has 8 heteroatoms. The monoisotopic (exact) mass is 369 g/mol. The van der Waals surface area contributed by atoms with Crippen LogP contribution in [0.5, 0.6) is 0 Å². The maximum absolute atomic E-state index is 13.2. The molecular weight excluding hydrogens is 349 g/mol. The number of hydrogen-bond acceptors (Lipinski definition) is 3. The van der Waals surface area contributed by atoms with E-state index in [0.717, 1.165) is 12.8 Å². The van der Waals surface area contributed by atoms with Crippen LogP contribution in [-0.2, 0) is 9.53 Å². The third-order valence-corrected chi connectivity index (χ3v) is 5.45. The first-order chi connectivity index (χ1) is 11.9. The highest BCUT2D eigenvalue weighted by atomic mass is 35.5. The molecule has 0 aliphatic carbocycles. The van der Waals surface area contributed by atoms with Crippen LogP contribution in [0.1, 0.15) is 12.8 Å². The number of carbonyl (C=O) groups is 2. The van der Waals surface area contributed by atoms with Crippen LogP contribution in [0, 0.1) is 17.2 Å². The van der Waals surface area contributed by atoms with Crippen LogP contribution in [0.25, 0.3) is 0 Å². The van der Waals surface area contributed by atoms with Gasteiger partial charge >= 0.3 is 6.03 Å². The van der Waals surface area contributed by atoms with Gasteiger partial charge in [0, 0.05) is 44.5 Å². The Hall–Kier alpha value is -1.86. The number of carbonyl (C=O) groups excluding carboxylic acids is 2. The van der Waals surface area contributed by atoms with Crippen LogP contribution in [-0.4, -0.2) is 50.2 Å². The second kappa shape index (κ2) is 7.17. The van der Waals surface area contributed by atoms with Gasteiger partial charge in [0.05, 0.1) is 10.9 Å². The third-order valence-electron chi connectivity index (χ3n) is 5.16. The molecular formula is C17H21ClFN3O3. The largest absolute Gasteiger partial charge is 0.381 e. The molecule has 0 aromatic heterocycles. The van der Waals surface area contributed by atoms with E-state index >= 15 is 0 Å². The molecule has 136 valence electrons. The summed E-state index contributed by atoms with van der Waals surface area (Å²) in [5.74, 6) is -0.854. The Bertz CT molecular complexity index is 679. The Morgan fingerprint density at radius 3 is 2.72 bits per heavy atom. The molecule has 1 aromatic rings. The zero-order chi connectivity index (χ0) is 18.0. The van der Waals surface area contributed by atoms with E-state index in [1.807, 2.05) is 0 Å². The first-order valence-corrected chi connectivity index (χ1v) is 8.63. The summed E-state index contributed by atoms with van der Waals surface area (Å²) in [7, 11) is 1.61. The molecule has 2 fully saturated rings. The second-order valence-corrected chi connectivity index (χ2v) is 6.99. The van der Waals surface area contributed by atoms with E-state index in [1.165, 1.54) is 18.2 Å². The molecule has 3 amide bonds. The normalized spacial score (nSPS) is 22.0. The van der Waals surface area contributed by atoms with E-state index in [4.69, 9.17) is 16.3 Å². The van der Waals surface area contributed by atoms with Crippen LogP contribution in [0.2, 0.25) is 5.02 Å². The molecule has 1 unspecified atom stereocenters. The fraction of sp³-hybridized carbons (Fsp3) is 0.529. The summed E-state index contributed by atoms with van der Waals surface area (Å²) in [5.41, 5.74) is 0.164. The molecule has 2 heterocycles. The highest BCUT2D eigenvalue weighted by molar-refractivity contribution is 6.31. The molecule has 2 saturated heterocycles. The molecule has 2 aliphatic rings. The number of ether oxygens (including phenoxy) is 1. The number of halogens is 2. The predicted octanol–water partition coefficient (Wildman–Crippen LogP) is 2.49. The summed E-state index contributed by atoms with van der Waals surface area (Å²) in [6.45, 7) is 2.03. The minimum absolute atomic E-state index is 0.0524. The standard InChI is InChI=1S/C17H21ClFN3O3/c1-20-15(23)12-9-22(10-17(12)4-6-25-7-5-17)16(24)21-11-2-3-14(19)13(18)8-11/h2-3,8,12H,4-7,9-10H2,1H3,(H,20,23)(H,21,24). The van der Waals surface area contributed by atoms with Gasteiger partial charge in [-0.1, -0.05) is 11.6 Å². The molecule has 2 aliphatic heterocycles. The summed E-state index contributed by atoms with van der Waals surface area (Å²) in [4.78, 5) is 26.6. The minimum atomic E-state index is -0.540. The fourth-order valence-corrected chi connectivity index (χ4v) is 3.90. The van der Waals surface area contributed by atoms with E-state index in [2.05, 4.69) is 10.6 Å². The van der Waals surface area contributed by atoms with Crippen molar-refractivity contribution in [2.24, 2.45) is 11.3 Å². The number of hydrogen-bond donors (Lipinski definition) is 2. The molecule has 0 radical (unpaired) electrons. The Kier molecular flexibility index (Phi) is 5.15. The topological polar surface area (TPSA) is 70.7 Å². The van der Waals surface area contributed by atoms with Crippen molar-refractivity contribution in [3.8, 4) is 0 Å². The SMILES string of the molecule is CNC(=O)C1CN(C(=O)Nc2ccc(F)c(Cl)c2)CC12CCOCC2. The highest BCUT2D eigenvalue weighted by Crippen LogP contribution is 2.44. The lowest BCUT2D eigenvalue weighted by molar-refractivity contribution is -0.129. The van der Waals surface area contributed by atoms with Crippen molar-refractivity contribution in [3.05, 3.63) is 29.0 Å². The van der Waals surface area contributed by atoms with Crippen molar-refractivity contribution in [2.75, 3.05) is 38.7 Å². The van der Waals surface area contributed by atoms with Crippen LogP contribution in [0.4, 0.5) is 14.9 Å². The lowest BCUT2D eigenvalue weighted by atomic mass is 9.72. The number of anilines is 1. The van der Waals surface area contributed by atoms with E-state index in [0.29, 0.717) is 32.0 Å². The molecule has 1 spiro atoms. The average molecular weight is 370 g/mol. The zero-order valence-corrected chi connectivity index (χ0v) is 14.7. The predicted molar refractivity (Wildman–Crippen MR) is 92.0 cm³/mol. The zero-order valence-electron chi connectivity index (χ0n) is 14.0. The van der Waals surface area contributed by atoms with Gasteiger partial charge in [0.1, 0.15) is 5.82 Å². The molecule has 3 rings (SSSR count). The minimum Gasteiger partial charge on any atom is -0.381 e. The molecule has 1 atom stereocenters. The summed E-state index contributed by atoms with van der Waals surface area (Å²) in [5, 5.41) is 5.38. The molecule has 25 heavy (non-hydrogen) atoms. The van der Waals surface area contributed by atoms with E-state index in [1.54, 1.807) is 11.9 Å². The van der Waals surface area contributed by atoms with Crippen molar-refractivity contribution in [1.29, 1.82) is 0 Å². The van der Waals surface area contributed by atoms with Crippen molar-refractivity contribution < 1.29 is 18.7 Å². The van der Waals surface area contributed by atoms with E-state index in [-0.39, 0.29) is 28.3 Å². The second-order valence-electron chi connectivity index (χ2n) is 6.58. The Labute approximate surface area is 150 Å². The van der Waals surface area contributed by atoms with Gasteiger partial charge in [-0.2, -0.15) is 0 Å². The van der Waals surface area contributed by atoms with Gasteiger partial charge in [0.2, 0.25) is 5.91 Å². The van der Waals surface area contributed by atoms with Gasteiger partial charge in [0.15, 0.2) is 0 Å². The quantitative estimate of drug-likeness (QED) is 0.841. The van der Waals surface area contributed by atoms with Gasteiger partial charge in [0.25, 0.3) is 0 Å². The smallest absolute Gasteiger partial charge is 0.321 e. The van der Waals surface area contributed by atoms with Gasteiger partial charge in [-0.05, 0) is 31.0 Å². The highest BCUT2D eigenvalue weighted by Gasteiger charge is 2.51. The lowest BCUT2D eigenvalue weighted by Crippen LogP contribution is -2.43. The molecule has 0 saturated carbocycles. The number of urea groups is 1. The van der Waals surface area contributed by atoms with Crippen molar-refractivity contribution in [2.45, 2.75) is 12.8 Å². The summed E-state index contributed by atoms with van der Waals surface area (Å²) in [6.07, 6.45) is 1.49. The number of likely N-dealkylation sites (tertiary alicyclic amines) is 1. The van der Waals surface area contributed by atoms with E-state index < -0.39 is 5.82 Å². The molecule has 6 nitrogen and oxygen atoms in total. The molecule has 1 aromatic carbocycles. The maximum Gasteiger partial charge on any atom is 0.321 e. The van der Waals surface area contributed by atoms with Crippen LogP contribution in [0.3, 0.4) is 0 Å². The van der Waals surface area contributed by atoms with Crippen LogP contribution in [0.15, 0.2) is 18.2 Å². The fourth-order valence-electron chi connectivity index (χ4n) is 3.72. The first kappa shape index (κ1) is 17.9. The summed E-state index contributed by atoms with van der Waals surface area (Å²) < 4.78 is 18.7. The van der Waals surface area contributed by atoms with Gasteiger partial charge in [-0.3, -0.25) is 4.79 Å². The lowest BCUT2D eigenvalue weighted by Gasteiger charge is -2.36. The Balaban J connectivity index is 1.74. The average Bonchev–Trinajstić information content (AvgIpc) is 2.97. The van der Waals surface area contributed by atoms with Gasteiger partial charge in [-0.15, -0.1) is 0 Å². The van der Waals surface area contributed by atoms with Gasteiger partial charge in [-0.25, -0.2) is 9.18 Å². The maximum atomic E-state index is 13.2. The summed E-state index contributed by atoms with van der Waals surface area (Å²) >= 11 is 5.75. The number of amides is 3. The number of nitrogens with one attached hydrogen (secondary N) is 2. The van der Waals surface area contributed by atoms with Crippen LogP contribution >= 0.6 is 11.6 Å². The van der Waals surface area contributed by atoms with E-state index in [9.17, 15) is 14.0 Å². The first-order valence-electron chi connectivity index (χ1n) is 8.25. The summed E-state index contributed by atoms with van der Waals surface area (Å²) in [6, 6.07) is 3.70. The number of rotatable bonds is 2.